The van der Waals surface area contributed by atoms with Gasteiger partial charge in [0, 0.05) is 30.0 Å². The molecule has 1 heterocycles. The first kappa shape index (κ1) is 14.6. The van der Waals surface area contributed by atoms with E-state index in [9.17, 15) is 14.9 Å². The number of nitrogens with zero attached hydrogens (tertiary/aromatic N) is 3. The molecule has 1 aromatic carbocycles. The first-order valence-corrected chi connectivity index (χ1v) is 6.27. The van der Waals surface area contributed by atoms with E-state index in [4.69, 9.17) is 9.52 Å². The van der Waals surface area contributed by atoms with Crippen molar-refractivity contribution < 1.29 is 19.2 Å². The van der Waals surface area contributed by atoms with Crippen molar-refractivity contribution in [2.45, 2.75) is 26.2 Å². The average molecular weight is 291 g/mol. The predicted molar refractivity (Wildman–Crippen MR) is 71.7 cm³/mol. The second kappa shape index (κ2) is 6.12. The fraction of sp³-hybridized carbons (Fsp3) is 0.308. The number of carbonyl (C=O) groups is 1. The van der Waals surface area contributed by atoms with Crippen LogP contribution in [-0.2, 0) is 11.2 Å². The number of nitro groups is 1. The summed E-state index contributed by atoms with van der Waals surface area (Å²) in [4.78, 5) is 20.7. The van der Waals surface area contributed by atoms with Crippen LogP contribution in [0.25, 0.3) is 11.5 Å². The van der Waals surface area contributed by atoms with Crippen LogP contribution >= 0.6 is 0 Å². The highest BCUT2D eigenvalue weighted by Gasteiger charge is 2.14. The lowest BCUT2D eigenvalue weighted by Crippen LogP contribution is -1.95. The van der Waals surface area contributed by atoms with Gasteiger partial charge in [-0.2, -0.15) is 0 Å². The maximum absolute atomic E-state index is 10.8. The van der Waals surface area contributed by atoms with Gasteiger partial charge in [0.1, 0.15) is 0 Å². The quantitative estimate of drug-likeness (QED) is 0.640. The van der Waals surface area contributed by atoms with E-state index in [2.05, 4.69) is 10.2 Å². The van der Waals surface area contributed by atoms with Gasteiger partial charge >= 0.3 is 5.97 Å². The zero-order chi connectivity index (χ0) is 15.4. The summed E-state index contributed by atoms with van der Waals surface area (Å²) in [5.41, 5.74) is 1.12. The number of hydrogen-bond donors (Lipinski definition) is 1. The molecule has 2 rings (SSSR count). The molecule has 0 amide bonds. The molecule has 0 bridgehead atoms. The fourth-order valence-electron chi connectivity index (χ4n) is 1.86. The van der Waals surface area contributed by atoms with Gasteiger partial charge in [0.25, 0.3) is 5.69 Å². The molecule has 1 aromatic heterocycles. The van der Waals surface area contributed by atoms with Crippen molar-refractivity contribution in [2.75, 3.05) is 0 Å². The van der Waals surface area contributed by atoms with E-state index < -0.39 is 10.9 Å². The number of carboxylic acid groups (broad SMARTS) is 1. The number of aryl methyl sites for hydroxylation is 2. The van der Waals surface area contributed by atoms with Crippen LogP contribution in [0.15, 0.2) is 22.6 Å². The summed E-state index contributed by atoms with van der Waals surface area (Å²) >= 11 is 0. The smallest absolute Gasteiger partial charge is 0.303 e. The van der Waals surface area contributed by atoms with Crippen LogP contribution in [-0.4, -0.2) is 26.2 Å². The summed E-state index contributed by atoms with van der Waals surface area (Å²) in [6, 6.07) is 4.53. The molecule has 0 aliphatic heterocycles. The molecule has 0 aliphatic rings. The van der Waals surface area contributed by atoms with Gasteiger partial charge in [-0.05, 0) is 25.5 Å². The molecule has 21 heavy (non-hydrogen) atoms. The summed E-state index contributed by atoms with van der Waals surface area (Å²) in [6.45, 7) is 1.63. The highest BCUT2D eigenvalue weighted by Crippen LogP contribution is 2.25. The van der Waals surface area contributed by atoms with E-state index in [1.54, 1.807) is 19.1 Å². The minimum absolute atomic E-state index is 0.0277. The first-order valence-electron chi connectivity index (χ1n) is 6.27. The molecule has 110 valence electrons. The van der Waals surface area contributed by atoms with Crippen molar-refractivity contribution in [3.05, 3.63) is 39.8 Å². The van der Waals surface area contributed by atoms with Gasteiger partial charge in [-0.1, -0.05) is 0 Å². The van der Waals surface area contributed by atoms with Crippen molar-refractivity contribution in [3.8, 4) is 11.5 Å². The first-order chi connectivity index (χ1) is 9.97. The van der Waals surface area contributed by atoms with E-state index >= 15 is 0 Å². The van der Waals surface area contributed by atoms with Gasteiger partial charge in [0.2, 0.25) is 11.8 Å². The lowest BCUT2D eigenvalue weighted by molar-refractivity contribution is -0.385. The number of aromatic nitrogens is 2. The molecule has 0 saturated carbocycles. The molecule has 0 atom stereocenters. The van der Waals surface area contributed by atoms with E-state index in [-0.39, 0.29) is 18.0 Å². The minimum Gasteiger partial charge on any atom is -0.481 e. The standard InChI is InChI=1S/C13H13N3O5/c1-8-7-9(5-6-10(8)16(19)20)13-15-14-11(21-13)3-2-4-12(17)18/h5-7H,2-4H2,1H3,(H,17,18). The average Bonchev–Trinajstić information content (AvgIpc) is 2.86. The van der Waals surface area contributed by atoms with Crippen molar-refractivity contribution >= 4 is 11.7 Å². The molecule has 2 aromatic rings. The Bertz CT molecular complexity index is 680. The lowest BCUT2D eigenvalue weighted by atomic mass is 10.1. The normalized spacial score (nSPS) is 10.5. The number of carboxylic acids is 1. The summed E-state index contributed by atoms with van der Waals surface area (Å²) in [5.74, 6) is -0.263. The molecular formula is C13H13N3O5. The number of nitro benzene ring substituents is 1. The van der Waals surface area contributed by atoms with Crippen LogP contribution < -0.4 is 0 Å². The number of aliphatic carboxylic acids is 1. The van der Waals surface area contributed by atoms with Crippen molar-refractivity contribution in [2.24, 2.45) is 0 Å². The second-order valence-corrected chi connectivity index (χ2v) is 4.51. The Balaban J connectivity index is 2.12. The Morgan fingerprint density at radius 2 is 2.19 bits per heavy atom. The van der Waals surface area contributed by atoms with E-state index in [0.717, 1.165) is 0 Å². The van der Waals surface area contributed by atoms with Crippen molar-refractivity contribution in [3.63, 3.8) is 0 Å². The van der Waals surface area contributed by atoms with Crippen LogP contribution in [0.1, 0.15) is 24.3 Å². The molecule has 1 N–H and O–H groups in total. The number of rotatable bonds is 6. The molecule has 0 spiro atoms. The predicted octanol–water partition coefficient (Wildman–Crippen LogP) is 2.36. The van der Waals surface area contributed by atoms with Crippen LogP contribution in [0.2, 0.25) is 0 Å². The third-order valence-corrected chi connectivity index (χ3v) is 2.89. The molecule has 0 saturated heterocycles. The lowest BCUT2D eigenvalue weighted by Gasteiger charge is -1.99. The zero-order valence-electron chi connectivity index (χ0n) is 11.3. The zero-order valence-corrected chi connectivity index (χ0v) is 11.3. The van der Waals surface area contributed by atoms with Crippen LogP contribution in [0.4, 0.5) is 5.69 Å². The van der Waals surface area contributed by atoms with Crippen LogP contribution in [0, 0.1) is 17.0 Å². The van der Waals surface area contributed by atoms with Crippen LogP contribution in [0.3, 0.4) is 0 Å². The third kappa shape index (κ3) is 3.62. The largest absolute Gasteiger partial charge is 0.481 e. The maximum Gasteiger partial charge on any atom is 0.303 e. The topological polar surface area (TPSA) is 119 Å². The Labute approximate surface area is 119 Å². The van der Waals surface area contributed by atoms with Gasteiger partial charge in [-0.15, -0.1) is 10.2 Å². The Hall–Kier alpha value is -2.77. The Kier molecular flexibility index (Phi) is 4.27. The highest BCUT2D eigenvalue weighted by molar-refractivity contribution is 5.66. The molecule has 8 nitrogen and oxygen atoms in total. The summed E-state index contributed by atoms with van der Waals surface area (Å²) in [5, 5.41) is 27.0. The van der Waals surface area contributed by atoms with E-state index in [1.807, 2.05) is 0 Å². The monoisotopic (exact) mass is 291 g/mol. The molecule has 0 unspecified atom stereocenters. The number of hydrogen-bond acceptors (Lipinski definition) is 6. The van der Waals surface area contributed by atoms with E-state index in [0.29, 0.717) is 29.9 Å². The fourth-order valence-corrected chi connectivity index (χ4v) is 1.86. The Morgan fingerprint density at radius 3 is 2.81 bits per heavy atom. The Morgan fingerprint density at radius 1 is 1.43 bits per heavy atom. The molecule has 0 aliphatic carbocycles. The SMILES string of the molecule is Cc1cc(-c2nnc(CCCC(=O)O)o2)ccc1[N+](=O)[O-]. The summed E-state index contributed by atoms with van der Waals surface area (Å²) in [7, 11) is 0. The van der Waals surface area contributed by atoms with Crippen molar-refractivity contribution in [1.29, 1.82) is 0 Å². The van der Waals surface area contributed by atoms with Crippen molar-refractivity contribution in [1.82, 2.24) is 10.2 Å². The van der Waals surface area contributed by atoms with Gasteiger partial charge in [0.15, 0.2) is 0 Å². The van der Waals surface area contributed by atoms with Crippen LogP contribution in [0.5, 0.6) is 0 Å². The minimum atomic E-state index is -0.874. The maximum atomic E-state index is 10.8. The summed E-state index contributed by atoms with van der Waals surface area (Å²) in [6.07, 6.45) is 0.829. The van der Waals surface area contributed by atoms with Gasteiger partial charge in [-0.3, -0.25) is 14.9 Å². The highest BCUT2D eigenvalue weighted by atomic mass is 16.6. The molecule has 8 heteroatoms. The summed E-state index contributed by atoms with van der Waals surface area (Å²) < 4.78 is 5.42. The molecule has 0 radical (unpaired) electrons. The molecular weight excluding hydrogens is 278 g/mol. The van der Waals surface area contributed by atoms with E-state index in [1.165, 1.54) is 6.07 Å². The van der Waals surface area contributed by atoms with Gasteiger partial charge < -0.3 is 9.52 Å². The number of benzene rings is 1. The van der Waals surface area contributed by atoms with Gasteiger partial charge in [0.05, 0.1) is 4.92 Å². The third-order valence-electron chi connectivity index (χ3n) is 2.89. The van der Waals surface area contributed by atoms with Gasteiger partial charge in [-0.25, -0.2) is 0 Å². The molecule has 0 fully saturated rings. The second-order valence-electron chi connectivity index (χ2n) is 4.51.